The number of nitriles is 1. The van der Waals surface area contributed by atoms with E-state index in [4.69, 9.17) is 4.74 Å². The van der Waals surface area contributed by atoms with Crippen LogP contribution >= 0.6 is 11.3 Å². The van der Waals surface area contributed by atoms with Crippen LogP contribution in [-0.2, 0) is 6.42 Å². The van der Waals surface area contributed by atoms with Gasteiger partial charge in [-0.15, -0.1) is 11.3 Å². The Morgan fingerprint density at radius 3 is 2.93 bits per heavy atom. The fraction of sp³-hybridized carbons (Fsp3) is 0.360. The van der Waals surface area contributed by atoms with Crippen molar-refractivity contribution in [3.05, 3.63) is 59.3 Å². The number of nitrogens with one attached hydrogen (secondary N) is 1. The molecule has 1 aliphatic rings. The van der Waals surface area contributed by atoms with Crippen molar-refractivity contribution >= 4 is 11.3 Å². The average molecular weight is 418 g/mol. The van der Waals surface area contributed by atoms with E-state index in [0.717, 1.165) is 36.4 Å². The van der Waals surface area contributed by atoms with Crippen LogP contribution in [0.2, 0.25) is 0 Å². The Balaban J connectivity index is 1.63. The maximum Gasteiger partial charge on any atom is 0.137 e. The molecule has 2 aromatic carbocycles. The molecule has 1 atom stereocenters. The molecule has 30 heavy (non-hydrogen) atoms. The molecule has 1 aromatic heterocycles. The Bertz CT molecular complexity index is 1080. The van der Waals surface area contributed by atoms with E-state index in [1.54, 1.807) is 11.3 Å². The van der Waals surface area contributed by atoms with Crippen LogP contribution in [0.4, 0.5) is 0 Å². The minimum absolute atomic E-state index is 0.0326. The van der Waals surface area contributed by atoms with Gasteiger partial charge in [-0.2, -0.15) is 5.26 Å². The predicted molar refractivity (Wildman–Crippen MR) is 123 cm³/mol. The van der Waals surface area contributed by atoms with Gasteiger partial charge < -0.3 is 10.1 Å². The van der Waals surface area contributed by atoms with Gasteiger partial charge >= 0.3 is 0 Å². The van der Waals surface area contributed by atoms with Gasteiger partial charge in [0, 0.05) is 17.8 Å². The molecule has 1 aliphatic carbocycles. The topological polar surface area (TPSA) is 57.9 Å². The van der Waals surface area contributed by atoms with Crippen LogP contribution in [0.15, 0.2) is 42.6 Å². The van der Waals surface area contributed by atoms with Crippen molar-refractivity contribution in [2.45, 2.75) is 52.2 Å². The summed E-state index contributed by atoms with van der Waals surface area (Å²) in [5.74, 6) is 0.625. The molecule has 0 bridgehead atoms. The minimum Gasteiger partial charge on any atom is -0.490 e. The van der Waals surface area contributed by atoms with Crippen molar-refractivity contribution in [2.75, 3.05) is 6.54 Å². The summed E-state index contributed by atoms with van der Waals surface area (Å²) in [5, 5.41) is 14.1. The fourth-order valence-electron chi connectivity index (χ4n) is 4.05. The van der Waals surface area contributed by atoms with E-state index in [-0.39, 0.29) is 6.10 Å². The monoisotopic (exact) mass is 417 g/mol. The summed E-state index contributed by atoms with van der Waals surface area (Å²) in [7, 11) is 0. The first-order valence-electron chi connectivity index (χ1n) is 10.6. The molecule has 4 nitrogen and oxygen atoms in total. The Morgan fingerprint density at radius 2 is 2.17 bits per heavy atom. The molecule has 0 saturated carbocycles. The van der Waals surface area contributed by atoms with Gasteiger partial charge in [0.2, 0.25) is 0 Å². The van der Waals surface area contributed by atoms with Gasteiger partial charge in [-0.05, 0) is 74.5 Å². The molecule has 1 unspecified atom stereocenters. The molecule has 0 fully saturated rings. The van der Waals surface area contributed by atoms with E-state index < -0.39 is 0 Å². The summed E-state index contributed by atoms with van der Waals surface area (Å²) in [5.41, 5.74) is 5.66. The van der Waals surface area contributed by atoms with Gasteiger partial charge in [0.1, 0.15) is 16.8 Å². The second kappa shape index (κ2) is 8.99. The number of hydrogen-bond acceptors (Lipinski definition) is 5. The van der Waals surface area contributed by atoms with Crippen molar-refractivity contribution in [1.29, 1.82) is 5.26 Å². The van der Waals surface area contributed by atoms with Gasteiger partial charge in [-0.25, -0.2) is 4.98 Å². The molecule has 0 amide bonds. The van der Waals surface area contributed by atoms with Gasteiger partial charge in [0.05, 0.1) is 16.5 Å². The Hall–Kier alpha value is -2.68. The molecule has 154 valence electrons. The first-order valence-corrected chi connectivity index (χ1v) is 11.4. The van der Waals surface area contributed by atoms with E-state index >= 15 is 0 Å². The van der Waals surface area contributed by atoms with E-state index in [0.29, 0.717) is 17.4 Å². The highest BCUT2D eigenvalue weighted by atomic mass is 32.1. The Morgan fingerprint density at radius 1 is 1.30 bits per heavy atom. The number of nitrogens with zero attached hydrogens (tertiary/aromatic N) is 2. The van der Waals surface area contributed by atoms with Gasteiger partial charge in [-0.1, -0.05) is 25.1 Å². The molecule has 0 saturated heterocycles. The summed E-state index contributed by atoms with van der Waals surface area (Å²) >= 11 is 1.68. The third-order valence-electron chi connectivity index (χ3n) is 5.39. The molecule has 3 aromatic rings. The molecule has 0 spiro atoms. The number of rotatable bonds is 7. The van der Waals surface area contributed by atoms with Crippen molar-refractivity contribution < 1.29 is 4.74 Å². The van der Waals surface area contributed by atoms with Crippen LogP contribution in [0.3, 0.4) is 0 Å². The van der Waals surface area contributed by atoms with Crippen molar-refractivity contribution in [2.24, 2.45) is 0 Å². The molecule has 1 heterocycles. The normalized spacial score (nSPS) is 15.2. The lowest BCUT2D eigenvalue weighted by Crippen LogP contribution is -2.19. The number of fused-ring (bicyclic) bond motifs is 1. The van der Waals surface area contributed by atoms with Gasteiger partial charge in [-0.3, -0.25) is 0 Å². The maximum atomic E-state index is 9.53. The largest absolute Gasteiger partial charge is 0.490 e. The summed E-state index contributed by atoms with van der Waals surface area (Å²) in [6, 6.07) is 15.1. The molecule has 0 radical (unpaired) electrons. The number of thiazole rings is 1. The number of benzene rings is 2. The maximum absolute atomic E-state index is 9.53. The molecule has 0 aliphatic heterocycles. The molecule has 5 heteroatoms. The SMILES string of the molecule is CCCNC1CCc2c(-c3cnc(-c4ccc(OC(C)C)c(C#N)c4)s3)cccc21. The zero-order valence-corrected chi connectivity index (χ0v) is 18.6. The number of ether oxygens (including phenoxy) is 1. The summed E-state index contributed by atoms with van der Waals surface area (Å²) < 4.78 is 5.74. The third-order valence-corrected chi connectivity index (χ3v) is 6.47. The van der Waals surface area contributed by atoms with Crippen LogP contribution in [-0.4, -0.2) is 17.6 Å². The Labute approximate surface area is 182 Å². The lowest BCUT2D eigenvalue weighted by atomic mass is 10.0. The second-order valence-corrected chi connectivity index (χ2v) is 8.97. The fourth-order valence-corrected chi connectivity index (χ4v) is 5.02. The summed E-state index contributed by atoms with van der Waals surface area (Å²) in [6.45, 7) is 7.18. The van der Waals surface area contributed by atoms with Crippen LogP contribution in [0.25, 0.3) is 21.0 Å². The van der Waals surface area contributed by atoms with Crippen LogP contribution in [0.5, 0.6) is 5.75 Å². The van der Waals surface area contributed by atoms with Crippen LogP contribution in [0.1, 0.15) is 56.3 Å². The van der Waals surface area contributed by atoms with Crippen LogP contribution < -0.4 is 10.1 Å². The minimum atomic E-state index is 0.0326. The lowest BCUT2D eigenvalue weighted by molar-refractivity contribution is 0.242. The van der Waals surface area contributed by atoms with E-state index in [9.17, 15) is 5.26 Å². The lowest BCUT2D eigenvalue weighted by Gasteiger charge is -2.14. The molecular weight excluding hydrogens is 390 g/mol. The average Bonchev–Trinajstić information content (AvgIpc) is 3.39. The highest BCUT2D eigenvalue weighted by Crippen LogP contribution is 2.41. The quantitative estimate of drug-likeness (QED) is 0.503. The van der Waals surface area contributed by atoms with Crippen LogP contribution in [0, 0.1) is 11.3 Å². The molecule has 4 rings (SSSR count). The van der Waals surface area contributed by atoms with Crippen molar-refractivity contribution in [3.63, 3.8) is 0 Å². The summed E-state index contributed by atoms with van der Waals surface area (Å²) in [6.07, 6.45) is 5.40. The summed E-state index contributed by atoms with van der Waals surface area (Å²) in [4.78, 5) is 5.86. The Kier molecular flexibility index (Phi) is 6.17. The zero-order chi connectivity index (χ0) is 21.1. The van der Waals surface area contributed by atoms with Gasteiger partial charge in [0.25, 0.3) is 0 Å². The highest BCUT2D eigenvalue weighted by molar-refractivity contribution is 7.18. The van der Waals surface area contributed by atoms with E-state index in [2.05, 4.69) is 41.5 Å². The third kappa shape index (κ3) is 4.12. The van der Waals surface area contributed by atoms with E-state index in [1.165, 1.54) is 21.6 Å². The molecular formula is C25H27N3OS. The van der Waals surface area contributed by atoms with E-state index in [1.807, 2.05) is 38.2 Å². The zero-order valence-electron chi connectivity index (χ0n) is 17.7. The number of aromatic nitrogens is 1. The second-order valence-electron chi connectivity index (χ2n) is 7.94. The first-order chi connectivity index (χ1) is 14.6. The number of hydrogen-bond donors (Lipinski definition) is 1. The van der Waals surface area contributed by atoms with Crippen molar-refractivity contribution in [1.82, 2.24) is 10.3 Å². The van der Waals surface area contributed by atoms with Crippen molar-refractivity contribution in [3.8, 4) is 32.8 Å². The highest BCUT2D eigenvalue weighted by Gasteiger charge is 2.25. The predicted octanol–water partition coefficient (Wildman–Crippen LogP) is 6.12. The molecule has 1 N–H and O–H groups in total. The van der Waals surface area contributed by atoms with Gasteiger partial charge in [0.15, 0.2) is 0 Å². The first kappa shape index (κ1) is 20.6. The smallest absolute Gasteiger partial charge is 0.137 e. The standard InChI is InChI=1S/C25H27N3OS/c1-4-12-27-22-10-9-19-20(22)6-5-7-21(19)24-15-28-25(30-24)17-8-11-23(29-16(2)3)18(13-17)14-26/h5-8,11,13,15-16,22,27H,4,9-10,12H2,1-3H3.